The van der Waals surface area contributed by atoms with Crippen LogP contribution in [0.3, 0.4) is 0 Å². The molecule has 0 fully saturated rings. The zero-order valence-corrected chi connectivity index (χ0v) is 14.3. The number of carbonyl (C=O) groups is 1. The van der Waals surface area contributed by atoms with E-state index < -0.39 is 5.92 Å². The molecule has 0 radical (unpaired) electrons. The van der Waals surface area contributed by atoms with Crippen molar-refractivity contribution in [2.45, 2.75) is 12.3 Å². The van der Waals surface area contributed by atoms with Crippen LogP contribution in [0.1, 0.15) is 17.9 Å². The fourth-order valence-electron chi connectivity index (χ4n) is 2.76. The molecule has 1 unspecified atom stereocenters. The van der Waals surface area contributed by atoms with Gasteiger partial charge >= 0.3 is 0 Å². The average molecular weight is 363 g/mol. The Morgan fingerprint density at radius 3 is 2.54 bits per heavy atom. The quantitative estimate of drug-likeness (QED) is 0.639. The summed E-state index contributed by atoms with van der Waals surface area (Å²) in [6.45, 7) is 0.559. The Balaban J connectivity index is 2.03. The third-order valence-electron chi connectivity index (χ3n) is 3.86. The molecule has 0 saturated heterocycles. The van der Waals surface area contributed by atoms with Crippen molar-refractivity contribution in [2.75, 3.05) is 18.1 Å². The molecule has 0 spiro atoms. The highest BCUT2D eigenvalue weighted by Crippen LogP contribution is 2.46. The Bertz CT molecular complexity index is 772. The minimum Gasteiger partial charge on any atom is -0.396 e. The molecule has 0 saturated carbocycles. The lowest BCUT2D eigenvalue weighted by molar-refractivity contribution is -0.117. The standard InChI is InChI=1S/C18H16Cl2N2O2/c19-14-6-3-7-15(20)17(14)22-16-8-2-1-5-12(16)13(18(22)24)11-21-9-4-10-23/h1-3,5-8,11,13,23H,4,9-10H2. The van der Waals surface area contributed by atoms with Crippen molar-refractivity contribution >= 4 is 46.7 Å². The van der Waals surface area contributed by atoms with E-state index in [-0.39, 0.29) is 12.5 Å². The molecule has 1 aliphatic heterocycles. The number of hydrogen-bond acceptors (Lipinski definition) is 3. The van der Waals surface area contributed by atoms with Crippen molar-refractivity contribution < 1.29 is 9.90 Å². The second-order valence-corrected chi connectivity index (χ2v) is 6.23. The molecule has 124 valence electrons. The lowest BCUT2D eigenvalue weighted by Crippen LogP contribution is -2.25. The fraction of sp³-hybridized carbons (Fsp3) is 0.222. The first-order valence-corrected chi connectivity index (χ1v) is 8.38. The van der Waals surface area contributed by atoms with E-state index in [1.54, 1.807) is 29.3 Å². The van der Waals surface area contributed by atoms with Gasteiger partial charge in [-0.2, -0.15) is 0 Å². The van der Waals surface area contributed by atoms with E-state index in [4.69, 9.17) is 28.3 Å². The Hall–Kier alpha value is -1.88. The predicted molar refractivity (Wildman–Crippen MR) is 97.9 cm³/mol. The van der Waals surface area contributed by atoms with Crippen LogP contribution in [-0.2, 0) is 4.79 Å². The lowest BCUT2D eigenvalue weighted by Gasteiger charge is -2.20. The molecule has 3 rings (SSSR count). The van der Waals surface area contributed by atoms with Gasteiger partial charge in [-0.25, -0.2) is 0 Å². The minimum absolute atomic E-state index is 0.0773. The summed E-state index contributed by atoms with van der Waals surface area (Å²) >= 11 is 12.6. The van der Waals surface area contributed by atoms with Crippen LogP contribution in [0, 0.1) is 0 Å². The van der Waals surface area contributed by atoms with Gasteiger partial charge in [-0.05, 0) is 30.2 Å². The van der Waals surface area contributed by atoms with Gasteiger partial charge < -0.3 is 5.11 Å². The molecule has 4 nitrogen and oxygen atoms in total. The van der Waals surface area contributed by atoms with E-state index in [0.717, 1.165) is 11.3 Å². The van der Waals surface area contributed by atoms with Crippen LogP contribution >= 0.6 is 23.2 Å². The molecule has 24 heavy (non-hydrogen) atoms. The molecule has 1 N–H and O–H groups in total. The summed E-state index contributed by atoms with van der Waals surface area (Å²) in [5.74, 6) is -0.619. The molecule has 6 heteroatoms. The first kappa shape index (κ1) is 17.0. The number of aliphatic imine (C=N–C) groups is 1. The van der Waals surface area contributed by atoms with Gasteiger partial charge in [0.15, 0.2) is 0 Å². The Morgan fingerprint density at radius 1 is 1.12 bits per heavy atom. The topological polar surface area (TPSA) is 52.9 Å². The van der Waals surface area contributed by atoms with Crippen LogP contribution in [0.15, 0.2) is 47.5 Å². The van der Waals surface area contributed by atoms with Crippen molar-refractivity contribution in [3.8, 4) is 0 Å². The first-order chi connectivity index (χ1) is 11.6. The molecule has 2 aromatic rings. The number of carbonyl (C=O) groups excluding carboxylic acids is 1. The van der Waals surface area contributed by atoms with E-state index in [0.29, 0.717) is 28.7 Å². The number of hydrogen-bond donors (Lipinski definition) is 1. The number of anilines is 2. The Labute approximate surface area is 150 Å². The molecule has 2 aromatic carbocycles. The van der Waals surface area contributed by atoms with Gasteiger partial charge in [0, 0.05) is 19.4 Å². The van der Waals surface area contributed by atoms with E-state index in [1.807, 2.05) is 24.3 Å². The van der Waals surface area contributed by atoms with Crippen molar-refractivity contribution in [3.63, 3.8) is 0 Å². The molecule has 1 heterocycles. The molecule has 0 aromatic heterocycles. The van der Waals surface area contributed by atoms with Gasteiger partial charge in [-0.15, -0.1) is 0 Å². The third kappa shape index (κ3) is 3.05. The molecule has 0 aliphatic carbocycles. The largest absolute Gasteiger partial charge is 0.396 e. The second-order valence-electron chi connectivity index (χ2n) is 5.41. The van der Waals surface area contributed by atoms with Crippen LogP contribution in [0.5, 0.6) is 0 Å². The summed E-state index contributed by atoms with van der Waals surface area (Å²) < 4.78 is 0. The normalized spacial score (nSPS) is 16.9. The van der Waals surface area contributed by atoms with Gasteiger partial charge in [0.1, 0.15) is 5.92 Å². The zero-order chi connectivity index (χ0) is 17.1. The monoisotopic (exact) mass is 362 g/mol. The molecule has 0 bridgehead atoms. The number of para-hydroxylation sites is 2. The van der Waals surface area contributed by atoms with Gasteiger partial charge in [-0.3, -0.25) is 14.7 Å². The van der Waals surface area contributed by atoms with Gasteiger partial charge in [0.05, 0.1) is 21.4 Å². The predicted octanol–water partition coefficient (Wildman–Crippen LogP) is 4.21. The second kappa shape index (κ2) is 7.34. The van der Waals surface area contributed by atoms with Crippen molar-refractivity contribution in [1.29, 1.82) is 0 Å². The molecule has 1 aliphatic rings. The number of amides is 1. The van der Waals surface area contributed by atoms with Crippen molar-refractivity contribution in [1.82, 2.24) is 0 Å². The summed E-state index contributed by atoms with van der Waals surface area (Å²) in [4.78, 5) is 18.8. The number of halogens is 2. The Morgan fingerprint density at radius 2 is 1.83 bits per heavy atom. The summed E-state index contributed by atoms with van der Waals surface area (Å²) in [6, 6.07) is 12.7. The van der Waals surface area contributed by atoms with Crippen LogP contribution in [0.2, 0.25) is 10.0 Å². The fourth-order valence-corrected chi connectivity index (χ4v) is 3.33. The number of nitrogens with zero attached hydrogens (tertiary/aromatic N) is 2. The Kier molecular flexibility index (Phi) is 5.19. The third-order valence-corrected chi connectivity index (χ3v) is 4.47. The zero-order valence-electron chi connectivity index (χ0n) is 12.8. The summed E-state index contributed by atoms with van der Waals surface area (Å²) in [7, 11) is 0. The maximum atomic E-state index is 13.0. The summed E-state index contributed by atoms with van der Waals surface area (Å²) in [5.41, 5.74) is 2.12. The lowest BCUT2D eigenvalue weighted by atomic mass is 10.0. The van der Waals surface area contributed by atoms with Crippen LogP contribution in [0.4, 0.5) is 11.4 Å². The smallest absolute Gasteiger partial charge is 0.244 e. The van der Waals surface area contributed by atoms with Gasteiger partial charge in [0.2, 0.25) is 5.91 Å². The molecular weight excluding hydrogens is 347 g/mol. The maximum Gasteiger partial charge on any atom is 0.244 e. The van der Waals surface area contributed by atoms with E-state index in [9.17, 15) is 4.79 Å². The van der Waals surface area contributed by atoms with E-state index in [1.165, 1.54) is 0 Å². The van der Waals surface area contributed by atoms with Gasteiger partial charge in [-0.1, -0.05) is 47.5 Å². The van der Waals surface area contributed by atoms with Crippen LogP contribution in [0.25, 0.3) is 0 Å². The van der Waals surface area contributed by atoms with Gasteiger partial charge in [0.25, 0.3) is 0 Å². The summed E-state index contributed by atoms with van der Waals surface area (Å²) in [5, 5.41) is 9.68. The number of rotatable bonds is 5. The number of aliphatic hydroxyl groups excluding tert-OH is 1. The highest BCUT2D eigenvalue weighted by molar-refractivity contribution is 6.41. The molecular formula is C18H16Cl2N2O2. The van der Waals surface area contributed by atoms with Crippen LogP contribution < -0.4 is 4.90 Å². The van der Waals surface area contributed by atoms with E-state index in [2.05, 4.69) is 4.99 Å². The molecule has 1 amide bonds. The van der Waals surface area contributed by atoms with Crippen LogP contribution in [-0.4, -0.2) is 30.4 Å². The van der Waals surface area contributed by atoms with Crippen molar-refractivity contribution in [3.05, 3.63) is 58.1 Å². The minimum atomic E-state index is -0.479. The van der Waals surface area contributed by atoms with E-state index >= 15 is 0 Å². The number of fused-ring (bicyclic) bond motifs is 1. The number of benzene rings is 2. The highest BCUT2D eigenvalue weighted by Gasteiger charge is 2.38. The van der Waals surface area contributed by atoms with Crippen molar-refractivity contribution in [2.24, 2.45) is 4.99 Å². The summed E-state index contributed by atoms with van der Waals surface area (Å²) in [6.07, 6.45) is 2.21. The molecule has 1 atom stereocenters. The first-order valence-electron chi connectivity index (χ1n) is 7.63. The SMILES string of the molecule is O=C1C(C=NCCCO)c2ccccc2N1c1c(Cl)cccc1Cl. The number of aliphatic hydroxyl groups is 1. The average Bonchev–Trinajstić information content (AvgIpc) is 2.84. The highest BCUT2D eigenvalue weighted by atomic mass is 35.5. The maximum absolute atomic E-state index is 13.0.